The molecule has 1 aliphatic rings. The number of aliphatic hydroxyl groups excluding tert-OH is 1. The molecule has 6 nitrogen and oxygen atoms in total. The van der Waals surface area contributed by atoms with Gasteiger partial charge in [0.25, 0.3) is 11.8 Å². The Morgan fingerprint density at radius 3 is 2.23 bits per heavy atom. The van der Waals surface area contributed by atoms with Gasteiger partial charge in [0.2, 0.25) is 0 Å². The molecular formula is C24H36N2O4. The monoisotopic (exact) mass is 416 g/mol. The number of hydrogen-bond acceptors (Lipinski definition) is 5. The minimum Gasteiger partial charge on any atom is -0.494 e. The average Bonchev–Trinajstić information content (AvgIpc) is 2.99. The largest absolute Gasteiger partial charge is 0.494 e. The van der Waals surface area contributed by atoms with Gasteiger partial charge >= 0.3 is 0 Å². The number of likely N-dealkylation sites (N-methyl/N-ethyl adjacent to an activating group) is 1. The molecule has 1 aromatic carbocycles. The summed E-state index contributed by atoms with van der Waals surface area (Å²) < 4.78 is 5.63. The first-order valence-electron chi connectivity index (χ1n) is 11.2. The van der Waals surface area contributed by atoms with E-state index >= 15 is 0 Å². The summed E-state index contributed by atoms with van der Waals surface area (Å²) in [6.07, 6.45) is 7.48. The maximum absolute atomic E-state index is 13.2. The molecule has 0 fully saturated rings. The van der Waals surface area contributed by atoms with E-state index in [4.69, 9.17) is 4.74 Å². The molecule has 2 rings (SSSR count). The highest BCUT2D eigenvalue weighted by molar-refractivity contribution is 6.35. The van der Waals surface area contributed by atoms with Crippen molar-refractivity contribution in [3.63, 3.8) is 0 Å². The highest BCUT2D eigenvalue weighted by Crippen LogP contribution is 2.32. The Kier molecular flexibility index (Phi) is 9.87. The van der Waals surface area contributed by atoms with E-state index in [-0.39, 0.29) is 18.4 Å². The first kappa shape index (κ1) is 23.9. The lowest BCUT2D eigenvalue weighted by atomic mass is 10.0. The Morgan fingerprint density at radius 1 is 0.933 bits per heavy atom. The Bertz CT molecular complexity index is 727. The zero-order chi connectivity index (χ0) is 21.9. The van der Waals surface area contributed by atoms with E-state index < -0.39 is 0 Å². The van der Waals surface area contributed by atoms with Crippen molar-refractivity contribution < 1.29 is 19.4 Å². The van der Waals surface area contributed by atoms with Crippen LogP contribution in [0.1, 0.15) is 64.4 Å². The summed E-state index contributed by atoms with van der Waals surface area (Å²) in [5.41, 5.74) is 1.47. The summed E-state index contributed by atoms with van der Waals surface area (Å²) >= 11 is 0. The second-order valence-corrected chi connectivity index (χ2v) is 7.77. The first-order chi connectivity index (χ1) is 14.5. The fraction of sp³-hybridized carbons (Fsp3) is 0.583. The number of benzene rings is 1. The third kappa shape index (κ3) is 6.08. The summed E-state index contributed by atoms with van der Waals surface area (Å²) in [6.45, 7) is 5.50. The number of carbonyl (C=O) groups is 2. The molecule has 0 saturated heterocycles. The van der Waals surface area contributed by atoms with Crippen LogP contribution in [0.4, 0.5) is 0 Å². The van der Waals surface area contributed by atoms with Crippen LogP contribution in [0.5, 0.6) is 5.75 Å². The van der Waals surface area contributed by atoms with Gasteiger partial charge in [0.15, 0.2) is 0 Å². The molecule has 166 valence electrons. The summed E-state index contributed by atoms with van der Waals surface area (Å²) in [6, 6.07) is 7.31. The van der Waals surface area contributed by atoms with Crippen LogP contribution in [0.2, 0.25) is 0 Å². The Morgan fingerprint density at radius 2 is 1.60 bits per heavy atom. The molecule has 30 heavy (non-hydrogen) atoms. The average molecular weight is 417 g/mol. The van der Waals surface area contributed by atoms with Gasteiger partial charge in [-0.3, -0.25) is 14.5 Å². The van der Waals surface area contributed by atoms with Gasteiger partial charge in [-0.2, -0.15) is 0 Å². The van der Waals surface area contributed by atoms with Crippen LogP contribution in [0.3, 0.4) is 0 Å². The van der Waals surface area contributed by atoms with Crippen LogP contribution >= 0.6 is 0 Å². The van der Waals surface area contributed by atoms with Crippen LogP contribution in [0.15, 0.2) is 30.0 Å². The summed E-state index contributed by atoms with van der Waals surface area (Å²) in [7, 11) is 1.74. The van der Waals surface area contributed by atoms with Crippen molar-refractivity contribution in [3.8, 4) is 5.75 Å². The van der Waals surface area contributed by atoms with E-state index in [2.05, 4.69) is 6.92 Å². The molecular weight excluding hydrogens is 380 g/mol. The minimum atomic E-state index is -0.272. The van der Waals surface area contributed by atoms with Crippen LogP contribution in [-0.4, -0.2) is 60.1 Å². The Balaban J connectivity index is 2.18. The van der Waals surface area contributed by atoms with E-state index in [9.17, 15) is 14.7 Å². The van der Waals surface area contributed by atoms with E-state index in [0.717, 1.165) is 31.4 Å². The highest BCUT2D eigenvalue weighted by Gasteiger charge is 2.40. The smallest absolute Gasteiger partial charge is 0.277 e. The lowest BCUT2D eigenvalue weighted by molar-refractivity contribution is -0.137. The molecule has 1 heterocycles. The minimum absolute atomic E-state index is 0.0873. The maximum atomic E-state index is 13.2. The van der Waals surface area contributed by atoms with Gasteiger partial charge in [0.05, 0.1) is 18.8 Å². The maximum Gasteiger partial charge on any atom is 0.277 e. The lowest BCUT2D eigenvalue weighted by Gasteiger charge is -2.20. The molecule has 1 aliphatic heterocycles. The lowest BCUT2D eigenvalue weighted by Crippen LogP contribution is -2.35. The molecule has 0 aromatic heterocycles. The van der Waals surface area contributed by atoms with Gasteiger partial charge in [-0.25, -0.2) is 0 Å². The molecule has 0 bridgehead atoms. The topological polar surface area (TPSA) is 70.1 Å². The standard InChI is InChI=1S/C24H36N2O4/c1-4-6-7-8-9-10-15-26-23(28)21(22(24(26)29)25(3)16-17-27)19-11-13-20(14-12-19)30-18-5-2/h11-14,27H,4-10,15-18H2,1-3H3. The SMILES string of the molecule is CCCCCCCCN1C(=O)C(c2ccc(OCCC)cc2)=C(N(C)CCO)C1=O. The molecule has 2 amide bonds. The summed E-state index contributed by atoms with van der Waals surface area (Å²) in [4.78, 5) is 29.3. The number of aliphatic hydroxyl groups is 1. The molecule has 0 spiro atoms. The predicted molar refractivity (Wildman–Crippen MR) is 119 cm³/mol. The van der Waals surface area contributed by atoms with Crippen molar-refractivity contribution in [1.82, 2.24) is 9.80 Å². The molecule has 0 atom stereocenters. The van der Waals surface area contributed by atoms with Gasteiger partial charge in [-0.05, 0) is 30.5 Å². The molecule has 0 saturated carbocycles. The fourth-order valence-corrected chi connectivity index (χ4v) is 3.63. The van der Waals surface area contributed by atoms with Gasteiger partial charge in [-0.1, -0.05) is 58.1 Å². The quantitative estimate of drug-likeness (QED) is 0.369. The van der Waals surface area contributed by atoms with E-state index in [1.807, 2.05) is 31.2 Å². The van der Waals surface area contributed by atoms with Gasteiger partial charge < -0.3 is 14.7 Å². The van der Waals surface area contributed by atoms with Crippen molar-refractivity contribution >= 4 is 17.4 Å². The second kappa shape index (κ2) is 12.4. The normalized spacial score (nSPS) is 14.1. The van der Waals surface area contributed by atoms with Gasteiger partial charge in [0, 0.05) is 20.1 Å². The van der Waals surface area contributed by atoms with Gasteiger partial charge in [-0.15, -0.1) is 0 Å². The number of carbonyl (C=O) groups excluding carboxylic acids is 2. The highest BCUT2D eigenvalue weighted by atomic mass is 16.5. The summed E-state index contributed by atoms with van der Waals surface area (Å²) in [5, 5.41) is 9.34. The second-order valence-electron chi connectivity index (χ2n) is 7.77. The van der Waals surface area contributed by atoms with Crippen molar-refractivity contribution in [2.45, 2.75) is 58.8 Å². The number of rotatable bonds is 14. The molecule has 0 aliphatic carbocycles. The molecule has 0 unspecified atom stereocenters. The molecule has 0 radical (unpaired) electrons. The van der Waals surface area contributed by atoms with E-state index in [1.54, 1.807) is 11.9 Å². The zero-order valence-corrected chi connectivity index (χ0v) is 18.7. The van der Waals surface area contributed by atoms with Crippen LogP contribution in [0, 0.1) is 0 Å². The summed E-state index contributed by atoms with van der Waals surface area (Å²) in [5.74, 6) is 0.216. The van der Waals surface area contributed by atoms with Crippen molar-refractivity contribution in [3.05, 3.63) is 35.5 Å². The zero-order valence-electron chi connectivity index (χ0n) is 18.7. The van der Waals surface area contributed by atoms with Crippen molar-refractivity contribution in [2.24, 2.45) is 0 Å². The third-order valence-electron chi connectivity index (χ3n) is 5.31. The first-order valence-corrected chi connectivity index (χ1v) is 11.2. The van der Waals surface area contributed by atoms with Crippen LogP contribution in [-0.2, 0) is 9.59 Å². The number of hydrogen-bond donors (Lipinski definition) is 1. The van der Waals surface area contributed by atoms with E-state index in [1.165, 1.54) is 24.2 Å². The number of unbranched alkanes of at least 4 members (excludes halogenated alkanes) is 5. The fourth-order valence-electron chi connectivity index (χ4n) is 3.63. The number of ether oxygens (including phenoxy) is 1. The van der Waals surface area contributed by atoms with E-state index in [0.29, 0.717) is 36.5 Å². The van der Waals surface area contributed by atoms with Crippen molar-refractivity contribution in [2.75, 3.05) is 33.4 Å². The molecule has 1 N–H and O–H groups in total. The van der Waals surface area contributed by atoms with Crippen molar-refractivity contribution in [1.29, 1.82) is 0 Å². The van der Waals surface area contributed by atoms with Crippen LogP contribution < -0.4 is 4.74 Å². The number of imide groups is 1. The molecule has 6 heteroatoms. The van der Waals surface area contributed by atoms with Crippen LogP contribution in [0.25, 0.3) is 5.57 Å². The Labute approximate surface area is 180 Å². The predicted octanol–water partition coefficient (Wildman–Crippen LogP) is 3.84. The van der Waals surface area contributed by atoms with Gasteiger partial charge in [0.1, 0.15) is 11.4 Å². The number of amides is 2. The Hall–Kier alpha value is -2.34. The number of nitrogens with zero attached hydrogens (tertiary/aromatic N) is 2. The third-order valence-corrected chi connectivity index (χ3v) is 5.31. The molecule has 1 aromatic rings.